The summed E-state index contributed by atoms with van der Waals surface area (Å²) in [5.74, 6) is 2.53. The van der Waals surface area contributed by atoms with Crippen LogP contribution in [0, 0.1) is 0 Å². The molecule has 7 nitrogen and oxygen atoms in total. The third-order valence-electron chi connectivity index (χ3n) is 5.32. The van der Waals surface area contributed by atoms with E-state index in [-0.39, 0.29) is 12.0 Å². The molecule has 2 aliphatic rings. The minimum absolute atomic E-state index is 0.0777. The number of ether oxygens (including phenoxy) is 2. The van der Waals surface area contributed by atoms with Crippen molar-refractivity contribution >= 4 is 11.9 Å². The molecule has 1 atom stereocenters. The summed E-state index contributed by atoms with van der Waals surface area (Å²) in [4.78, 5) is 18.0. The van der Waals surface area contributed by atoms with Gasteiger partial charge in [-0.15, -0.1) is 0 Å². The Labute approximate surface area is 177 Å². The third-order valence-corrected chi connectivity index (χ3v) is 5.32. The minimum Gasteiger partial charge on any atom is -0.486 e. The van der Waals surface area contributed by atoms with Gasteiger partial charge in [0.05, 0.1) is 6.54 Å². The third kappa shape index (κ3) is 5.03. The zero-order valence-electron chi connectivity index (χ0n) is 17.3. The van der Waals surface area contributed by atoms with Gasteiger partial charge in [0.2, 0.25) is 5.91 Å². The van der Waals surface area contributed by atoms with E-state index in [1.54, 1.807) is 7.05 Å². The molecule has 0 aromatic heterocycles. The summed E-state index contributed by atoms with van der Waals surface area (Å²) in [6, 6.07) is 16.0. The number of para-hydroxylation sites is 2. The van der Waals surface area contributed by atoms with Gasteiger partial charge in [0.1, 0.15) is 12.7 Å². The number of nitrogens with zero attached hydrogens (tertiary/aromatic N) is 2. The quantitative estimate of drug-likeness (QED) is 0.567. The van der Waals surface area contributed by atoms with Crippen LogP contribution < -0.4 is 20.1 Å². The van der Waals surface area contributed by atoms with Gasteiger partial charge in [0.25, 0.3) is 0 Å². The second-order valence-corrected chi connectivity index (χ2v) is 7.54. The van der Waals surface area contributed by atoms with Crippen molar-refractivity contribution in [1.29, 1.82) is 0 Å². The molecule has 2 N–H and O–H groups in total. The molecule has 1 fully saturated rings. The number of carbonyl (C=O) groups excluding carboxylic acids is 1. The Morgan fingerprint density at radius 3 is 2.60 bits per heavy atom. The molecule has 0 saturated carbocycles. The maximum absolute atomic E-state index is 11.8. The lowest BCUT2D eigenvalue weighted by Gasteiger charge is -2.27. The fourth-order valence-corrected chi connectivity index (χ4v) is 3.63. The van der Waals surface area contributed by atoms with Gasteiger partial charge < -0.3 is 25.0 Å². The van der Waals surface area contributed by atoms with Gasteiger partial charge in [0, 0.05) is 33.1 Å². The number of likely N-dealkylation sites (tertiary alicyclic amines) is 1. The molecule has 0 bridgehead atoms. The van der Waals surface area contributed by atoms with Crippen LogP contribution in [-0.2, 0) is 17.9 Å². The second kappa shape index (κ2) is 9.52. The maximum atomic E-state index is 11.8. The Morgan fingerprint density at radius 2 is 1.87 bits per heavy atom. The molecular weight excluding hydrogens is 380 g/mol. The Morgan fingerprint density at radius 1 is 1.10 bits per heavy atom. The van der Waals surface area contributed by atoms with Crippen molar-refractivity contribution in [3.05, 3.63) is 59.7 Å². The fourth-order valence-electron chi connectivity index (χ4n) is 3.63. The molecule has 30 heavy (non-hydrogen) atoms. The van der Waals surface area contributed by atoms with Crippen LogP contribution in [0.4, 0.5) is 0 Å². The summed E-state index contributed by atoms with van der Waals surface area (Å²) in [5.41, 5.74) is 2.31. The first-order valence-corrected chi connectivity index (χ1v) is 10.4. The molecule has 2 aromatic rings. The first-order chi connectivity index (χ1) is 14.7. The molecule has 1 saturated heterocycles. The SMILES string of the molecule is CN=C(NCc1ccc(CN2CCCC2=O)cc1)NCC1COc2ccccc2O1. The lowest BCUT2D eigenvalue weighted by atomic mass is 10.1. The van der Waals surface area contributed by atoms with E-state index in [9.17, 15) is 4.79 Å². The van der Waals surface area contributed by atoms with Gasteiger partial charge >= 0.3 is 0 Å². The summed E-state index contributed by atoms with van der Waals surface area (Å²) < 4.78 is 11.7. The molecule has 0 aliphatic carbocycles. The number of nitrogens with one attached hydrogen (secondary N) is 2. The molecule has 0 spiro atoms. The van der Waals surface area contributed by atoms with Gasteiger partial charge in [-0.2, -0.15) is 0 Å². The molecule has 158 valence electrons. The van der Waals surface area contributed by atoms with E-state index in [0.717, 1.165) is 35.6 Å². The van der Waals surface area contributed by atoms with Crippen molar-refractivity contribution in [3.8, 4) is 11.5 Å². The van der Waals surface area contributed by atoms with Gasteiger partial charge in [-0.3, -0.25) is 9.79 Å². The lowest BCUT2D eigenvalue weighted by molar-refractivity contribution is -0.128. The highest BCUT2D eigenvalue weighted by Crippen LogP contribution is 2.30. The van der Waals surface area contributed by atoms with E-state index in [4.69, 9.17) is 9.47 Å². The standard InChI is InChI=1S/C23H28N4O3/c1-24-23(26-14-19-16-29-20-5-2-3-6-21(20)30-19)25-13-17-8-10-18(11-9-17)15-27-12-4-7-22(27)28/h2-3,5-6,8-11,19H,4,7,12-16H2,1H3,(H2,24,25,26). The van der Waals surface area contributed by atoms with E-state index in [1.807, 2.05) is 29.2 Å². The molecular formula is C23H28N4O3. The normalized spacial score (nSPS) is 18.4. The molecule has 2 heterocycles. The number of fused-ring (bicyclic) bond motifs is 1. The Balaban J connectivity index is 1.22. The molecule has 1 unspecified atom stereocenters. The van der Waals surface area contributed by atoms with E-state index in [2.05, 4.69) is 39.9 Å². The molecule has 2 aliphatic heterocycles. The van der Waals surface area contributed by atoms with Crippen molar-refractivity contribution in [1.82, 2.24) is 15.5 Å². The summed E-state index contributed by atoms with van der Waals surface area (Å²) in [7, 11) is 1.75. The maximum Gasteiger partial charge on any atom is 0.222 e. The summed E-state index contributed by atoms with van der Waals surface area (Å²) in [6.07, 6.45) is 1.57. The van der Waals surface area contributed by atoms with Crippen LogP contribution in [0.15, 0.2) is 53.5 Å². The Kier molecular flexibility index (Phi) is 6.37. The molecule has 7 heteroatoms. The minimum atomic E-state index is -0.0777. The van der Waals surface area contributed by atoms with Crippen LogP contribution in [0.3, 0.4) is 0 Å². The Hall–Kier alpha value is -3.22. The van der Waals surface area contributed by atoms with Crippen LogP contribution in [0.5, 0.6) is 11.5 Å². The predicted molar refractivity (Wildman–Crippen MR) is 116 cm³/mol. The van der Waals surface area contributed by atoms with Gasteiger partial charge in [-0.25, -0.2) is 0 Å². The lowest BCUT2D eigenvalue weighted by Crippen LogP contribution is -2.45. The molecule has 1 amide bonds. The number of rotatable bonds is 6. The number of hydrogen-bond donors (Lipinski definition) is 2. The number of amides is 1. The molecule has 2 aromatic carbocycles. The monoisotopic (exact) mass is 408 g/mol. The average molecular weight is 409 g/mol. The zero-order chi connectivity index (χ0) is 20.8. The highest BCUT2D eigenvalue weighted by molar-refractivity contribution is 5.79. The van der Waals surface area contributed by atoms with E-state index < -0.39 is 0 Å². The van der Waals surface area contributed by atoms with Crippen LogP contribution >= 0.6 is 0 Å². The van der Waals surface area contributed by atoms with Crippen LogP contribution in [0.2, 0.25) is 0 Å². The number of benzene rings is 2. The smallest absolute Gasteiger partial charge is 0.222 e. The average Bonchev–Trinajstić information content (AvgIpc) is 3.19. The van der Waals surface area contributed by atoms with Crippen molar-refractivity contribution < 1.29 is 14.3 Å². The zero-order valence-corrected chi connectivity index (χ0v) is 17.3. The molecule has 0 radical (unpaired) electrons. The first kappa shape index (κ1) is 20.1. The van der Waals surface area contributed by atoms with Crippen LogP contribution in [0.25, 0.3) is 0 Å². The second-order valence-electron chi connectivity index (χ2n) is 7.54. The van der Waals surface area contributed by atoms with Crippen LogP contribution in [-0.4, -0.2) is 49.6 Å². The van der Waals surface area contributed by atoms with Gasteiger partial charge in [-0.1, -0.05) is 36.4 Å². The highest BCUT2D eigenvalue weighted by atomic mass is 16.6. The Bertz CT molecular complexity index is 898. The summed E-state index contributed by atoms with van der Waals surface area (Å²) >= 11 is 0. The highest BCUT2D eigenvalue weighted by Gasteiger charge is 2.21. The van der Waals surface area contributed by atoms with E-state index in [1.165, 1.54) is 0 Å². The predicted octanol–water partition coefficient (Wildman–Crippen LogP) is 2.31. The number of guanidine groups is 1. The fraction of sp³-hybridized carbons (Fsp3) is 0.391. The van der Waals surface area contributed by atoms with E-state index >= 15 is 0 Å². The number of hydrogen-bond acceptors (Lipinski definition) is 4. The van der Waals surface area contributed by atoms with Crippen molar-refractivity contribution in [2.45, 2.75) is 32.0 Å². The number of aliphatic imine (C=N–C) groups is 1. The molecule has 4 rings (SSSR count). The first-order valence-electron chi connectivity index (χ1n) is 10.4. The van der Waals surface area contributed by atoms with Gasteiger partial charge in [-0.05, 0) is 29.7 Å². The summed E-state index contributed by atoms with van der Waals surface area (Å²) in [5, 5.41) is 6.62. The van der Waals surface area contributed by atoms with Crippen LogP contribution in [0.1, 0.15) is 24.0 Å². The topological polar surface area (TPSA) is 75.2 Å². The summed E-state index contributed by atoms with van der Waals surface area (Å²) in [6.45, 7) is 3.32. The van der Waals surface area contributed by atoms with Gasteiger partial charge in [0.15, 0.2) is 17.5 Å². The van der Waals surface area contributed by atoms with Crippen molar-refractivity contribution in [3.63, 3.8) is 0 Å². The van der Waals surface area contributed by atoms with Crippen molar-refractivity contribution in [2.24, 2.45) is 4.99 Å². The van der Waals surface area contributed by atoms with Crippen molar-refractivity contribution in [2.75, 3.05) is 26.7 Å². The van der Waals surface area contributed by atoms with E-state index in [0.29, 0.717) is 38.6 Å². The number of carbonyl (C=O) groups is 1. The largest absolute Gasteiger partial charge is 0.486 e.